The molecule has 1 aliphatic rings. The molecule has 6 nitrogen and oxygen atoms in total. The number of nitrogens with zero attached hydrogens (tertiary/aromatic N) is 2. The minimum absolute atomic E-state index is 0.159. The Bertz CT molecular complexity index is 983. The van der Waals surface area contributed by atoms with Crippen molar-refractivity contribution >= 4 is 23.5 Å². The van der Waals surface area contributed by atoms with Gasteiger partial charge in [-0.15, -0.1) is 0 Å². The topological polar surface area (TPSA) is 73.2 Å². The quantitative estimate of drug-likeness (QED) is 0.600. The fourth-order valence-corrected chi connectivity index (χ4v) is 4.33. The van der Waals surface area contributed by atoms with E-state index in [9.17, 15) is 22.8 Å². The summed E-state index contributed by atoms with van der Waals surface area (Å²) in [4.78, 5) is 24.7. The van der Waals surface area contributed by atoms with Crippen LogP contribution >= 0.6 is 11.6 Å². The molecule has 0 aliphatic heterocycles. The van der Waals surface area contributed by atoms with E-state index in [0.717, 1.165) is 24.5 Å². The number of alkyl halides is 3. The number of esters is 1. The standard InChI is InChI=1S/C22H25ClF3N3O3/c1-3-32-21(31)19-13(2)11-27-29(19)12-14-7-9-15(10-8-14)28-20(30)16-5-4-6-17(18(16)23)22(24,25)26/h4-6,11,14-15H,3,7-10,12H2,1-2H3,(H,28,30)/t14-,15-. The second-order valence-corrected chi connectivity index (χ2v) is 8.31. The van der Waals surface area contributed by atoms with Gasteiger partial charge < -0.3 is 10.1 Å². The summed E-state index contributed by atoms with van der Waals surface area (Å²) in [5.74, 6) is -0.758. The maximum absolute atomic E-state index is 13.0. The first-order chi connectivity index (χ1) is 15.1. The fraction of sp³-hybridized carbons (Fsp3) is 0.500. The lowest BCUT2D eigenvalue weighted by Gasteiger charge is -2.29. The number of carbonyl (C=O) groups is 2. The van der Waals surface area contributed by atoms with Crippen LogP contribution in [-0.2, 0) is 17.5 Å². The molecule has 2 aromatic rings. The molecule has 0 spiro atoms. The molecule has 0 bridgehead atoms. The number of aromatic nitrogens is 2. The minimum atomic E-state index is -4.63. The molecular formula is C22H25ClF3N3O3. The zero-order valence-corrected chi connectivity index (χ0v) is 18.6. The summed E-state index contributed by atoms with van der Waals surface area (Å²) in [6, 6.07) is 3.16. The van der Waals surface area contributed by atoms with E-state index in [1.165, 1.54) is 12.1 Å². The Kier molecular flexibility index (Phi) is 7.48. The number of ether oxygens (including phenoxy) is 1. The Morgan fingerprint density at radius 1 is 1.25 bits per heavy atom. The molecule has 1 amide bonds. The van der Waals surface area contributed by atoms with Gasteiger partial charge in [0.05, 0.1) is 29.0 Å². The smallest absolute Gasteiger partial charge is 0.417 e. The molecule has 1 aliphatic carbocycles. The van der Waals surface area contributed by atoms with Gasteiger partial charge in [0.15, 0.2) is 0 Å². The average molecular weight is 472 g/mol. The van der Waals surface area contributed by atoms with Crippen molar-refractivity contribution in [3.63, 3.8) is 0 Å². The predicted molar refractivity (Wildman–Crippen MR) is 113 cm³/mol. The van der Waals surface area contributed by atoms with Gasteiger partial charge in [-0.25, -0.2) is 4.79 Å². The fourth-order valence-electron chi connectivity index (χ4n) is 4.01. The molecule has 1 aromatic heterocycles. The van der Waals surface area contributed by atoms with Crippen molar-refractivity contribution in [3.05, 3.63) is 51.8 Å². The first-order valence-corrected chi connectivity index (χ1v) is 10.9. The first kappa shape index (κ1) is 24.1. The van der Waals surface area contributed by atoms with E-state index < -0.39 is 28.6 Å². The van der Waals surface area contributed by atoms with E-state index in [1.807, 2.05) is 0 Å². The van der Waals surface area contributed by atoms with Crippen molar-refractivity contribution in [2.45, 2.75) is 58.3 Å². The molecule has 1 saturated carbocycles. The third-order valence-electron chi connectivity index (χ3n) is 5.65. The van der Waals surface area contributed by atoms with Gasteiger partial charge in [-0.2, -0.15) is 18.3 Å². The van der Waals surface area contributed by atoms with Crippen molar-refractivity contribution in [3.8, 4) is 0 Å². The number of aryl methyl sites for hydroxylation is 1. The van der Waals surface area contributed by atoms with Crippen molar-refractivity contribution in [1.82, 2.24) is 15.1 Å². The van der Waals surface area contributed by atoms with E-state index >= 15 is 0 Å². The van der Waals surface area contributed by atoms with E-state index in [4.69, 9.17) is 16.3 Å². The summed E-state index contributed by atoms with van der Waals surface area (Å²) >= 11 is 5.86. The second kappa shape index (κ2) is 9.94. The Balaban J connectivity index is 1.59. The van der Waals surface area contributed by atoms with Gasteiger partial charge in [0, 0.05) is 18.2 Å². The van der Waals surface area contributed by atoms with Gasteiger partial charge in [0.25, 0.3) is 5.91 Å². The number of rotatable bonds is 6. The molecule has 174 valence electrons. The van der Waals surface area contributed by atoms with Crippen LogP contribution in [0.1, 0.15) is 64.6 Å². The lowest BCUT2D eigenvalue weighted by atomic mass is 9.86. The molecule has 0 atom stereocenters. The highest BCUT2D eigenvalue weighted by atomic mass is 35.5. The van der Waals surface area contributed by atoms with Crippen LogP contribution in [0.15, 0.2) is 24.4 Å². The zero-order chi connectivity index (χ0) is 23.5. The molecule has 0 unspecified atom stereocenters. The Morgan fingerprint density at radius 3 is 2.56 bits per heavy atom. The zero-order valence-electron chi connectivity index (χ0n) is 17.8. The number of benzene rings is 1. The lowest BCUT2D eigenvalue weighted by molar-refractivity contribution is -0.137. The summed E-state index contributed by atoms with van der Waals surface area (Å²) in [5, 5.41) is 6.51. The Labute approximate surface area is 189 Å². The average Bonchev–Trinajstić information content (AvgIpc) is 3.09. The lowest BCUT2D eigenvalue weighted by Crippen LogP contribution is -2.38. The van der Waals surface area contributed by atoms with Gasteiger partial charge in [0.2, 0.25) is 0 Å². The van der Waals surface area contributed by atoms with Gasteiger partial charge >= 0.3 is 12.1 Å². The Hall–Kier alpha value is -2.55. The van der Waals surface area contributed by atoms with Gasteiger partial charge in [-0.1, -0.05) is 17.7 Å². The molecule has 0 radical (unpaired) electrons. The molecule has 1 N–H and O–H groups in total. The van der Waals surface area contributed by atoms with Crippen LogP contribution in [0.2, 0.25) is 5.02 Å². The summed E-state index contributed by atoms with van der Waals surface area (Å²) in [7, 11) is 0. The SMILES string of the molecule is CCOC(=O)c1c(C)cnn1C[C@H]1CC[C@H](NC(=O)c2cccc(C(F)(F)F)c2Cl)CC1. The van der Waals surface area contributed by atoms with E-state index in [0.29, 0.717) is 25.1 Å². The van der Waals surface area contributed by atoms with E-state index in [2.05, 4.69) is 10.4 Å². The maximum atomic E-state index is 13.0. The van der Waals surface area contributed by atoms with Crippen LogP contribution in [0.5, 0.6) is 0 Å². The van der Waals surface area contributed by atoms with Crippen LogP contribution in [0.25, 0.3) is 0 Å². The molecule has 10 heteroatoms. The molecule has 32 heavy (non-hydrogen) atoms. The minimum Gasteiger partial charge on any atom is -0.461 e. The summed E-state index contributed by atoms with van der Waals surface area (Å²) in [6.45, 7) is 4.39. The van der Waals surface area contributed by atoms with Crippen molar-refractivity contribution < 1.29 is 27.5 Å². The van der Waals surface area contributed by atoms with Crippen molar-refractivity contribution in [1.29, 1.82) is 0 Å². The molecule has 1 aromatic carbocycles. The molecule has 1 heterocycles. The van der Waals surface area contributed by atoms with Crippen LogP contribution < -0.4 is 5.32 Å². The monoisotopic (exact) mass is 471 g/mol. The van der Waals surface area contributed by atoms with Crippen molar-refractivity contribution in [2.75, 3.05) is 6.61 Å². The maximum Gasteiger partial charge on any atom is 0.417 e. The summed E-state index contributed by atoms with van der Waals surface area (Å²) < 4.78 is 45.9. The van der Waals surface area contributed by atoms with Crippen LogP contribution in [0, 0.1) is 12.8 Å². The third kappa shape index (κ3) is 5.43. The molecule has 0 saturated heterocycles. The highest BCUT2D eigenvalue weighted by Gasteiger charge is 2.35. The number of amides is 1. The summed E-state index contributed by atoms with van der Waals surface area (Å²) in [6.07, 6.45) is -0.0928. The van der Waals surface area contributed by atoms with Gasteiger partial charge in [-0.05, 0) is 57.6 Å². The molecular weight excluding hydrogens is 447 g/mol. The van der Waals surface area contributed by atoms with E-state index in [-0.39, 0.29) is 24.1 Å². The third-order valence-corrected chi connectivity index (χ3v) is 6.06. The van der Waals surface area contributed by atoms with Crippen molar-refractivity contribution in [2.24, 2.45) is 5.92 Å². The predicted octanol–water partition coefficient (Wildman–Crippen LogP) is 5.03. The van der Waals surface area contributed by atoms with Crippen LogP contribution in [-0.4, -0.2) is 34.3 Å². The Morgan fingerprint density at radius 2 is 1.94 bits per heavy atom. The molecule has 1 fully saturated rings. The normalized spacial score (nSPS) is 18.9. The number of hydrogen-bond acceptors (Lipinski definition) is 4. The highest BCUT2D eigenvalue weighted by molar-refractivity contribution is 6.34. The number of nitrogens with one attached hydrogen (secondary N) is 1. The highest BCUT2D eigenvalue weighted by Crippen LogP contribution is 2.36. The van der Waals surface area contributed by atoms with E-state index in [1.54, 1.807) is 24.7 Å². The molecule has 3 rings (SSSR count). The first-order valence-electron chi connectivity index (χ1n) is 10.5. The second-order valence-electron chi connectivity index (χ2n) is 7.93. The number of halogens is 4. The van der Waals surface area contributed by atoms with Gasteiger partial charge in [0.1, 0.15) is 5.69 Å². The van der Waals surface area contributed by atoms with Crippen LogP contribution in [0.4, 0.5) is 13.2 Å². The number of hydrogen-bond donors (Lipinski definition) is 1. The van der Waals surface area contributed by atoms with Gasteiger partial charge in [-0.3, -0.25) is 9.48 Å². The van der Waals surface area contributed by atoms with Crippen LogP contribution in [0.3, 0.4) is 0 Å². The largest absolute Gasteiger partial charge is 0.461 e. The number of carbonyl (C=O) groups excluding carboxylic acids is 2. The summed E-state index contributed by atoms with van der Waals surface area (Å²) in [5.41, 5.74) is -0.0130.